The molecule has 0 bridgehead atoms. The van der Waals surface area contributed by atoms with Crippen LogP contribution in [0.3, 0.4) is 0 Å². The number of rotatable bonds is 7. The van der Waals surface area contributed by atoms with Crippen molar-refractivity contribution in [3.8, 4) is 0 Å². The fourth-order valence-electron chi connectivity index (χ4n) is 1.31. The van der Waals surface area contributed by atoms with E-state index in [2.05, 4.69) is 5.23 Å². The Morgan fingerprint density at radius 1 is 1.50 bits per heavy atom. The maximum atomic E-state index is 10.6. The van der Waals surface area contributed by atoms with Crippen LogP contribution in [0.15, 0.2) is 30.3 Å². The van der Waals surface area contributed by atoms with Crippen LogP contribution in [0.1, 0.15) is 5.56 Å². The van der Waals surface area contributed by atoms with E-state index >= 15 is 0 Å². The van der Waals surface area contributed by atoms with Gasteiger partial charge >= 0.3 is 7.05 Å². The van der Waals surface area contributed by atoms with Gasteiger partial charge in [0, 0.05) is 0 Å². The number of hydrogen-bond acceptors (Lipinski definition) is 4. The fourth-order valence-corrected chi connectivity index (χ4v) is 1.31. The Morgan fingerprint density at radius 3 is 2.75 bits per heavy atom. The van der Waals surface area contributed by atoms with Crippen molar-refractivity contribution in [1.82, 2.24) is 5.23 Å². The van der Waals surface area contributed by atoms with Crippen molar-refractivity contribution < 1.29 is 14.6 Å². The predicted octanol–water partition coefficient (Wildman–Crippen LogP) is 0.471. The van der Waals surface area contributed by atoms with Gasteiger partial charge in [-0.3, -0.25) is 0 Å². The standard InChI is InChI=1S/C11H16BNO3/c1-12(15)13-11(7-14)9-16-8-10-5-3-2-4-6-10/h2-7,11,13,15H,8-9H2,1H3. The number of carbonyl (C=O) groups excluding carboxylic acids is 1. The Labute approximate surface area is 95.8 Å². The molecule has 1 atom stereocenters. The highest BCUT2D eigenvalue weighted by molar-refractivity contribution is 6.45. The van der Waals surface area contributed by atoms with Crippen LogP contribution in [-0.2, 0) is 16.1 Å². The normalized spacial score (nSPS) is 12.1. The summed E-state index contributed by atoms with van der Waals surface area (Å²) in [6.07, 6.45) is 0.734. The quantitative estimate of drug-likeness (QED) is 0.519. The van der Waals surface area contributed by atoms with E-state index in [-0.39, 0.29) is 6.61 Å². The monoisotopic (exact) mass is 221 g/mol. The molecular weight excluding hydrogens is 205 g/mol. The highest BCUT2D eigenvalue weighted by Gasteiger charge is 2.12. The summed E-state index contributed by atoms with van der Waals surface area (Å²) in [6, 6.07) is 9.25. The second-order valence-electron chi connectivity index (χ2n) is 3.59. The van der Waals surface area contributed by atoms with Crippen LogP contribution >= 0.6 is 0 Å². The summed E-state index contributed by atoms with van der Waals surface area (Å²) in [7, 11) is -0.712. The van der Waals surface area contributed by atoms with E-state index in [9.17, 15) is 4.79 Å². The Bertz CT molecular complexity index is 305. The van der Waals surface area contributed by atoms with Crippen molar-refractivity contribution in [2.45, 2.75) is 19.5 Å². The maximum Gasteiger partial charge on any atom is 0.374 e. The molecule has 0 aliphatic rings. The van der Waals surface area contributed by atoms with E-state index < -0.39 is 13.1 Å². The molecule has 0 aromatic heterocycles. The lowest BCUT2D eigenvalue weighted by molar-refractivity contribution is -0.110. The van der Waals surface area contributed by atoms with Gasteiger partial charge in [0.05, 0.1) is 19.3 Å². The van der Waals surface area contributed by atoms with Crippen molar-refractivity contribution in [2.24, 2.45) is 0 Å². The molecule has 2 N–H and O–H groups in total. The number of carbonyl (C=O) groups is 1. The molecule has 0 fully saturated rings. The molecule has 0 radical (unpaired) electrons. The van der Waals surface area contributed by atoms with Crippen LogP contribution in [0.5, 0.6) is 0 Å². The van der Waals surface area contributed by atoms with Crippen LogP contribution in [0.25, 0.3) is 0 Å². The summed E-state index contributed by atoms with van der Waals surface area (Å²) in [5.41, 5.74) is 1.06. The first-order valence-corrected chi connectivity index (χ1v) is 5.23. The lowest BCUT2D eigenvalue weighted by Gasteiger charge is -2.13. The summed E-state index contributed by atoms with van der Waals surface area (Å²) in [5.74, 6) is 0. The zero-order chi connectivity index (χ0) is 11.8. The molecule has 1 unspecified atom stereocenters. The summed E-state index contributed by atoms with van der Waals surface area (Å²) in [6.45, 7) is 2.28. The highest BCUT2D eigenvalue weighted by Crippen LogP contribution is 2.00. The number of aldehydes is 1. The second kappa shape index (κ2) is 7.17. The third kappa shape index (κ3) is 5.07. The van der Waals surface area contributed by atoms with E-state index in [1.165, 1.54) is 0 Å². The first-order chi connectivity index (χ1) is 7.72. The highest BCUT2D eigenvalue weighted by atomic mass is 16.5. The van der Waals surface area contributed by atoms with E-state index in [1.54, 1.807) is 6.82 Å². The molecule has 0 aliphatic carbocycles. The molecule has 0 spiro atoms. The molecule has 0 saturated carbocycles. The van der Waals surface area contributed by atoms with Crippen LogP contribution in [0.2, 0.25) is 6.82 Å². The van der Waals surface area contributed by atoms with E-state index in [1.807, 2.05) is 30.3 Å². The first-order valence-electron chi connectivity index (χ1n) is 5.23. The van der Waals surface area contributed by atoms with Crippen molar-refractivity contribution in [2.75, 3.05) is 6.61 Å². The molecule has 86 valence electrons. The minimum atomic E-state index is -0.712. The number of nitrogens with one attached hydrogen (secondary N) is 1. The molecule has 16 heavy (non-hydrogen) atoms. The zero-order valence-electron chi connectivity index (χ0n) is 9.30. The van der Waals surface area contributed by atoms with Gasteiger partial charge in [0.15, 0.2) is 0 Å². The Hall–Kier alpha value is -1.17. The van der Waals surface area contributed by atoms with Crippen LogP contribution in [0.4, 0.5) is 0 Å². The summed E-state index contributed by atoms with van der Waals surface area (Å²) >= 11 is 0. The summed E-state index contributed by atoms with van der Waals surface area (Å²) in [5, 5.41) is 11.7. The second-order valence-corrected chi connectivity index (χ2v) is 3.59. The summed E-state index contributed by atoms with van der Waals surface area (Å²) in [4.78, 5) is 10.6. The predicted molar refractivity (Wildman–Crippen MR) is 62.9 cm³/mol. The summed E-state index contributed by atoms with van der Waals surface area (Å²) < 4.78 is 5.37. The number of benzene rings is 1. The molecule has 1 aromatic rings. The van der Waals surface area contributed by atoms with Crippen LogP contribution in [-0.4, -0.2) is 31.0 Å². The molecule has 5 heteroatoms. The van der Waals surface area contributed by atoms with Gasteiger partial charge < -0.3 is 19.8 Å². The molecule has 4 nitrogen and oxygen atoms in total. The molecule has 0 aliphatic heterocycles. The molecule has 1 aromatic carbocycles. The zero-order valence-corrected chi connectivity index (χ0v) is 9.30. The third-order valence-corrected chi connectivity index (χ3v) is 2.03. The van der Waals surface area contributed by atoms with Gasteiger partial charge in [-0.1, -0.05) is 30.3 Å². The van der Waals surface area contributed by atoms with Gasteiger partial charge in [-0.05, 0) is 12.4 Å². The van der Waals surface area contributed by atoms with Gasteiger partial charge in [0.1, 0.15) is 6.29 Å². The van der Waals surface area contributed by atoms with Gasteiger partial charge in [0.25, 0.3) is 0 Å². The molecule has 0 heterocycles. The lowest BCUT2D eigenvalue weighted by atomic mass is 9.87. The molecule has 0 amide bonds. The van der Waals surface area contributed by atoms with Gasteiger partial charge in [-0.25, -0.2) is 0 Å². The lowest BCUT2D eigenvalue weighted by Crippen LogP contribution is -2.43. The Kier molecular flexibility index (Phi) is 5.78. The minimum absolute atomic E-state index is 0.253. The Balaban J connectivity index is 2.26. The maximum absolute atomic E-state index is 10.6. The molecule has 1 rings (SSSR count). The molecule has 0 saturated heterocycles. The fraction of sp³-hybridized carbons (Fsp3) is 0.364. The van der Waals surface area contributed by atoms with Crippen molar-refractivity contribution in [3.63, 3.8) is 0 Å². The molecular formula is C11H16BNO3. The van der Waals surface area contributed by atoms with Gasteiger partial charge in [-0.15, -0.1) is 0 Å². The van der Waals surface area contributed by atoms with E-state index in [0.29, 0.717) is 6.61 Å². The van der Waals surface area contributed by atoms with Crippen LogP contribution < -0.4 is 5.23 Å². The first kappa shape index (κ1) is 12.9. The van der Waals surface area contributed by atoms with Crippen molar-refractivity contribution in [3.05, 3.63) is 35.9 Å². The largest absolute Gasteiger partial charge is 0.437 e. The van der Waals surface area contributed by atoms with Crippen LogP contribution in [0, 0.1) is 0 Å². The number of hydrogen-bond donors (Lipinski definition) is 2. The SMILES string of the molecule is CB(O)NC(C=O)COCc1ccccc1. The third-order valence-electron chi connectivity index (χ3n) is 2.03. The average Bonchev–Trinajstić information content (AvgIpc) is 2.28. The van der Waals surface area contributed by atoms with Gasteiger partial charge in [0.2, 0.25) is 0 Å². The van der Waals surface area contributed by atoms with E-state index in [0.717, 1.165) is 11.8 Å². The van der Waals surface area contributed by atoms with Gasteiger partial charge in [-0.2, -0.15) is 0 Å². The number of ether oxygens (including phenoxy) is 1. The Morgan fingerprint density at radius 2 is 2.19 bits per heavy atom. The topological polar surface area (TPSA) is 58.6 Å². The average molecular weight is 221 g/mol. The van der Waals surface area contributed by atoms with Crippen molar-refractivity contribution in [1.29, 1.82) is 0 Å². The minimum Gasteiger partial charge on any atom is -0.437 e. The van der Waals surface area contributed by atoms with E-state index in [4.69, 9.17) is 9.76 Å². The van der Waals surface area contributed by atoms with Crippen molar-refractivity contribution >= 4 is 13.3 Å². The smallest absolute Gasteiger partial charge is 0.374 e.